The van der Waals surface area contributed by atoms with E-state index in [1.807, 2.05) is 29.9 Å². The first kappa shape index (κ1) is 25.2. The minimum atomic E-state index is -0.663. The van der Waals surface area contributed by atoms with E-state index in [1.165, 1.54) is 23.1 Å². The Bertz CT molecular complexity index is 1240. The Morgan fingerprint density at radius 2 is 2.11 bits per heavy atom. The monoisotopic (exact) mass is 504 g/mol. The van der Waals surface area contributed by atoms with E-state index in [1.54, 1.807) is 18.5 Å². The Morgan fingerprint density at radius 3 is 2.86 bits per heavy atom. The summed E-state index contributed by atoms with van der Waals surface area (Å²) in [7, 11) is 1.91. The van der Waals surface area contributed by atoms with Gasteiger partial charge in [-0.3, -0.25) is 19.4 Å². The number of carbonyl (C=O) groups excluding carboxylic acids is 1. The lowest BCUT2D eigenvalue weighted by Gasteiger charge is -2.31. The summed E-state index contributed by atoms with van der Waals surface area (Å²) in [6.07, 6.45) is 7.23. The molecule has 1 aliphatic carbocycles. The summed E-state index contributed by atoms with van der Waals surface area (Å²) in [6, 6.07) is 10.3. The number of nitrogens with one attached hydrogen (secondary N) is 2. The molecule has 2 aromatic heterocycles. The van der Waals surface area contributed by atoms with E-state index in [-0.39, 0.29) is 12.5 Å². The quantitative estimate of drug-likeness (QED) is 0.390. The Hall–Kier alpha value is -3.43. The topological polar surface area (TPSA) is 105 Å². The van der Waals surface area contributed by atoms with Crippen molar-refractivity contribution in [2.45, 2.75) is 57.9 Å². The molecule has 0 bridgehead atoms. The van der Waals surface area contributed by atoms with Crippen LogP contribution in [0.3, 0.4) is 0 Å². The highest BCUT2D eigenvalue weighted by Gasteiger charge is 2.22. The second kappa shape index (κ2) is 11.3. The zero-order chi connectivity index (χ0) is 25.8. The van der Waals surface area contributed by atoms with Crippen LogP contribution < -0.4 is 15.4 Å². The number of carbonyl (C=O) groups is 1. The van der Waals surface area contributed by atoms with E-state index in [0.29, 0.717) is 24.9 Å². The standard InChI is InChI=1S/C28H36N6O3/c1-19-25-10-13-34(16-20(25)6-7-27(19)37-18-23-9-12-31-33(23)2)17-24(35)15-30-28(36)26-14-22(8-11-29-26)32-21-4-3-5-21/h6-9,11-12,14,21,24,35H,3-5,10,13,15-18H2,1-2H3,(H,29,32)(H,30,36). The number of pyridine rings is 1. The minimum Gasteiger partial charge on any atom is -0.487 e. The van der Waals surface area contributed by atoms with Crippen molar-refractivity contribution >= 4 is 11.6 Å². The highest BCUT2D eigenvalue weighted by Crippen LogP contribution is 2.30. The lowest BCUT2D eigenvalue weighted by molar-refractivity contribution is 0.0838. The Labute approximate surface area is 217 Å². The molecule has 196 valence electrons. The van der Waals surface area contributed by atoms with Crippen LogP contribution in [0.4, 0.5) is 5.69 Å². The third-order valence-electron chi connectivity index (χ3n) is 7.45. The molecule has 9 heteroatoms. The van der Waals surface area contributed by atoms with Crippen molar-refractivity contribution in [3.8, 4) is 5.75 Å². The van der Waals surface area contributed by atoms with Crippen LogP contribution >= 0.6 is 0 Å². The van der Waals surface area contributed by atoms with Crippen LogP contribution in [0.5, 0.6) is 5.75 Å². The van der Waals surface area contributed by atoms with Gasteiger partial charge in [-0.15, -0.1) is 0 Å². The highest BCUT2D eigenvalue weighted by molar-refractivity contribution is 5.93. The number of nitrogens with zero attached hydrogens (tertiary/aromatic N) is 4. The fourth-order valence-electron chi connectivity index (χ4n) is 4.98. The van der Waals surface area contributed by atoms with E-state index in [4.69, 9.17) is 4.74 Å². The van der Waals surface area contributed by atoms with Gasteiger partial charge in [-0.25, -0.2) is 0 Å². The number of fused-ring (bicyclic) bond motifs is 1. The van der Waals surface area contributed by atoms with Crippen molar-refractivity contribution in [1.82, 2.24) is 25.0 Å². The van der Waals surface area contributed by atoms with Crippen molar-refractivity contribution in [2.75, 3.05) is 25.0 Å². The Kier molecular flexibility index (Phi) is 7.71. The number of benzene rings is 1. The molecule has 37 heavy (non-hydrogen) atoms. The largest absolute Gasteiger partial charge is 0.487 e. The third kappa shape index (κ3) is 6.11. The fraction of sp³-hybridized carbons (Fsp3) is 0.464. The summed E-state index contributed by atoms with van der Waals surface area (Å²) < 4.78 is 7.90. The number of rotatable bonds is 10. The predicted octanol–water partition coefficient (Wildman–Crippen LogP) is 2.82. The number of ether oxygens (including phenoxy) is 1. The number of aliphatic hydroxyl groups excluding tert-OH is 1. The molecule has 9 nitrogen and oxygen atoms in total. The fourth-order valence-corrected chi connectivity index (χ4v) is 4.98. The number of aromatic nitrogens is 3. The van der Waals surface area contributed by atoms with Gasteiger partial charge in [0, 0.05) is 57.3 Å². The van der Waals surface area contributed by atoms with Gasteiger partial charge in [0.1, 0.15) is 18.1 Å². The van der Waals surface area contributed by atoms with E-state index in [2.05, 4.69) is 38.6 Å². The average Bonchev–Trinajstić information content (AvgIpc) is 3.29. The molecule has 0 saturated heterocycles. The van der Waals surface area contributed by atoms with Crippen LogP contribution in [-0.4, -0.2) is 62.5 Å². The number of amides is 1. The first-order valence-electron chi connectivity index (χ1n) is 13.1. The van der Waals surface area contributed by atoms with Gasteiger partial charge in [-0.2, -0.15) is 5.10 Å². The molecular formula is C28H36N6O3. The SMILES string of the molecule is Cc1c(OCc2ccnn2C)ccc2c1CCN(CC(O)CNC(=O)c1cc(NC3CCC3)ccn1)C2. The van der Waals surface area contributed by atoms with Gasteiger partial charge < -0.3 is 20.5 Å². The summed E-state index contributed by atoms with van der Waals surface area (Å²) in [6.45, 7) is 4.89. The maximum Gasteiger partial charge on any atom is 0.270 e. The smallest absolute Gasteiger partial charge is 0.270 e. The van der Waals surface area contributed by atoms with Crippen LogP contribution in [0.25, 0.3) is 0 Å². The Morgan fingerprint density at radius 1 is 1.24 bits per heavy atom. The highest BCUT2D eigenvalue weighted by atomic mass is 16.5. The van der Waals surface area contributed by atoms with Crippen LogP contribution in [0.2, 0.25) is 0 Å². The predicted molar refractivity (Wildman–Crippen MR) is 142 cm³/mol. The molecule has 1 aliphatic heterocycles. The van der Waals surface area contributed by atoms with Gasteiger partial charge in [0.25, 0.3) is 5.91 Å². The number of β-amino-alcohol motifs (C(OH)–C–C–N with tert-alkyl or cyclic N) is 1. The lowest BCUT2D eigenvalue weighted by atomic mass is 9.93. The van der Waals surface area contributed by atoms with Crippen molar-refractivity contribution in [3.63, 3.8) is 0 Å². The number of aryl methyl sites for hydroxylation is 1. The van der Waals surface area contributed by atoms with Gasteiger partial charge in [0.2, 0.25) is 0 Å². The average molecular weight is 505 g/mol. The van der Waals surface area contributed by atoms with Crippen molar-refractivity contribution in [2.24, 2.45) is 7.05 Å². The van der Waals surface area contributed by atoms with E-state index in [9.17, 15) is 9.90 Å². The molecule has 3 heterocycles. The molecule has 0 spiro atoms. The molecule has 0 radical (unpaired) electrons. The van der Waals surface area contributed by atoms with Crippen LogP contribution in [0.15, 0.2) is 42.7 Å². The summed E-state index contributed by atoms with van der Waals surface area (Å²) in [4.78, 5) is 19.0. The number of anilines is 1. The zero-order valence-corrected chi connectivity index (χ0v) is 21.6. The first-order chi connectivity index (χ1) is 18.0. The molecule has 1 fully saturated rings. The molecular weight excluding hydrogens is 468 g/mol. The summed E-state index contributed by atoms with van der Waals surface area (Å²) >= 11 is 0. The lowest BCUT2D eigenvalue weighted by Crippen LogP contribution is -2.42. The summed E-state index contributed by atoms with van der Waals surface area (Å²) in [5, 5.41) is 21.1. The van der Waals surface area contributed by atoms with Gasteiger partial charge in [-0.05, 0) is 73.6 Å². The molecule has 3 N–H and O–H groups in total. The van der Waals surface area contributed by atoms with Crippen molar-refractivity contribution in [1.29, 1.82) is 0 Å². The molecule has 1 atom stereocenters. The van der Waals surface area contributed by atoms with E-state index >= 15 is 0 Å². The van der Waals surface area contributed by atoms with Crippen molar-refractivity contribution < 1.29 is 14.6 Å². The van der Waals surface area contributed by atoms with Gasteiger partial charge in [0.15, 0.2) is 0 Å². The molecule has 1 unspecified atom stereocenters. The summed E-state index contributed by atoms with van der Waals surface area (Å²) in [5.74, 6) is 0.631. The molecule has 1 saturated carbocycles. The summed E-state index contributed by atoms with van der Waals surface area (Å²) in [5.41, 5.74) is 6.06. The zero-order valence-electron chi connectivity index (χ0n) is 21.6. The normalized spacial score (nSPS) is 16.5. The van der Waals surface area contributed by atoms with Gasteiger partial charge >= 0.3 is 0 Å². The second-order valence-electron chi connectivity index (χ2n) is 10.1. The van der Waals surface area contributed by atoms with Gasteiger partial charge in [0.05, 0.1) is 11.8 Å². The van der Waals surface area contributed by atoms with E-state index in [0.717, 1.165) is 49.5 Å². The minimum absolute atomic E-state index is 0.184. The maximum absolute atomic E-state index is 12.6. The molecule has 2 aliphatic rings. The molecule has 5 rings (SSSR count). The number of aliphatic hydroxyl groups is 1. The number of hydrogen-bond acceptors (Lipinski definition) is 7. The van der Waals surface area contributed by atoms with Crippen LogP contribution in [0, 0.1) is 6.92 Å². The Balaban J connectivity index is 1.10. The number of hydrogen-bond donors (Lipinski definition) is 3. The second-order valence-corrected chi connectivity index (χ2v) is 10.1. The molecule has 3 aromatic rings. The van der Waals surface area contributed by atoms with Gasteiger partial charge in [-0.1, -0.05) is 6.07 Å². The van der Waals surface area contributed by atoms with E-state index < -0.39 is 6.10 Å². The van der Waals surface area contributed by atoms with Crippen LogP contribution in [0.1, 0.15) is 52.1 Å². The first-order valence-corrected chi connectivity index (χ1v) is 13.1. The maximum atomic E-state index is 12.6. The van der Waals surface area contributed by atoms with Crippen LogP contribution in [-0.2, 0) is 26.6 Å². The molecule has 1 aromatic carbocycles. The molecule has 1 amide bonds. The van der Waals surface area contributed by atoms with Crippen molar-refractivity contribution in [3.05, 3.63) is 70.8 Å². The third-order valence-corrected chi connectivity index (χ3v) is 7.45.